The van der Waals surface area contributed by atoms with E-state index in [1.54, 1.807) is 31.2 Å². The summed E-state index contributed by atoms with van der Waals surface area (Å²) >= 11 is 1.33. The van der Waals surface area contributed by atoms with E-state index in [1.807, 2.05) is 0 Å². The van der Waals surface area contributed by atoms with Crippen LogP contribution in [-0.2, 0) is 5.75 Å². The minimum Gasteiger partial charge on any atom is -0.338 e. The first-order valence-corrected chi connectivity index (χ1v) is 8.29. The molecular formula is C17H13F2N3O2S. The van der Waals surface area contributed by atoms with E-state index in [0.29, 0.717) is 27.9 Å². The minimum absolute atomic E-state index is 0.211. The van der Waals surface area contributed by atoms with E-state index in [-0.39, 0.29) is 5.69 Å². The summed E-state index contributed by atoms with van der Waals surface area (Å²) in [5, 5.41) is 6.10. The van der Waals surface area contributed by atoms with Gasteiger partial charge < -0.3 is 9.84 Å². The Bertz CT molecular complexity index is 914. The Labute approximate surface area is 146 Å². The summed E-state index contributed by atoms with van der Waals surface area (Å²) in [4.78, 5) is 17.2. The first-order valence-electron chi connectivity index (χ1n) is 7.30. The van der Waals surface area contributed by atoms with Crippen LogP contribution in [0.1, 0.15) is 22.1 Å². The molecule has 0 spiro atoms. The predicted molar refractivity (Wildman–Crippen MR) is 89.3 cm³/mol. The number of amides is 1. The van der Waals surface area contributed by atoms with Crippen molar-refractivity contribution in [1.82, 2.24) is 10.1 Å². The number of nitrogens with one attached hydrogen (secondary N) is 1. The molecule has 128 valence electrons. The van der Waals surface area contributed by atoms with Crippen molar-refractivity contribution < 1.29 is 18.1 Å². The molecule has 0 aliphatic rings. The van der Waals surface area contributed by atoms with Crippen LogP contribution in [0.15, 0.2) is 51.9 Å². The summed E-state index contributed by atoms with van der Waals surface area (Å²) in [7, 11) is 0. The Hall–Kier alpha value is -2.74. The maximum Gasteiger partial charge on any atom is 0.256 e. The van der Waals surface area contributed by atoms with Gasteiger partial charge in [-0.1, -0.05) is 17.3 Å². The van der Waals surface area contributed by atoms with Crippen molar-refractivity contribution in [3.05, 3.63) is 71.4 Å². The van der Waals surface area contributed by atoms with E-state index in [4.69, 9.17) is 4.52 Å². The number of aryl methyl sites for hydroxylation is 1. The molecule has 0 aliphatic heterocycles. The standard InChI is InChI=1S/C17H13F2N3O2S/c1-10-20-16(24-22-10)9-25-15-5-3-2-4-12(15)17(23)21-14-8-11(18)6-7-13(14)19/h2-8H,9H2,1H3,(H,21,23). The van der Waals surface area contributed by atoms with Crippen LogP contribution in [0.2, 0.25) is 0 Å². The van der Waals surface area contributed by atoms with Crippen molar-refractivity contribution in [3.8, 4) is 0 Å². The summed E-state index contributed by atoms with van der Waals surface area (Å²) < 4.78 is 32.0. The fraction of sp³-hybridized carbons (Fsp3) is 0.118. The van der Waals surface area contributed by atoms with Crippen LogP contribution < -0.4 is 5.32 Å². The minimum atomic E-state index is -0.707. The zero-order chi connectivity index (χ0) is 17.8. The first-order chi connectivity index (χ1) is 12.0. The Kier molecular flexibility index (Phi) is 5.08. The lowest BCUT2D eigenvalue weighted by atomic mass is 10.2. The lowest BCUT2D eigenvalue weighted by Crippen LogP contribution is -2.14. The van der Waals surface area contributed by atoms with E-state index in [0.717, 1.165) is 18.2 Å². The molecule has 0 saturated carbocycles. The van der Waals surface area contributed by atoms with Crippen molar-refractivity contribution in [2.75, 3.05) is 5.32 Å². The Morgan fingerprint density at radius 3 is 2.80 bits per heavy atom. The number of nitrogens with zero attached hydrogens (tertiary/aromatic N) is 2. The molecule has 1 heterocycles. The zero-order valence-corrected chi connectivity index (χ0v) is 13.9. The molecule has 1 N–H and O–H groups in total. The number of rotatable bonds is 5. The Morgan fingerprint density at radius 2 is 2.04 bits per heavy atom. The number of anilines is 1. The van der Waals surface area contributed by atoms with E-state index in [2.05, 4.69) is 15.5 Å². The highest BCUT2D eigenvalue weighted by Gasteiger charge is 2.15. The highest BCUT2D eigenvalue weighted by molar-refractivity contribution is 7.98. The van der Waals surface area contributed by atoms with Gasteiger partial charge in [-0.2, -0.15) is 4.98 Å². The van der Waals surface area contributed by atoms with Crippen molar-refractivity contribution in [1.29, 1.82) is 0 Å². The van der Waals surface area contributed by atoms with Crippen LogP contribution in [0, 0.1) is 18.6 Å². The van der Waals surface area contributed by atoms with E-state index < -0.39 is 17.5 Å². The van der Waals surface area contributed by atoms with Gasteiger partial charge in [0, 0.05) is 11.0 Å². The summed E-state index contributed by atoms with van der Waals surface area (Å²) in [5.41, 5.74) is 0.129. The van der Waals surface area contributed by atoms with E-state index in [9.17, 15) is 13.6 Å². The molecule has 0 unspecified atom stereocenters. The van der Waals surface area contributed by atoms with Crippen LogP contribution in [0.25, 0.3) is 0 Å². The highest BCUT2D eigenvalue weighted by Crippen LogP contribution is 2.27. The molecule has 0 atom stereocenters. The smallest absolute Gasteiger partial charge is 0.256 e. The van der Waals surface area contributed by atoms with Crippen LogP contribution in [0.4, 0.5) is 14.5 Å². The largest absolute Gasteiger partial charge is 0.338 e. The molecule has 25 heavy (non-hydrogen) atoms. The molecule has 0 aliphatic carbocycles. The van der Waals surface area contributed by atoms with Crippen molar-refractivity contribution >= 4 is 23.4 Å². The average molecular weight is 361 g/mol. The van der Waals surface area contributed by atoms with Gasteiger partial charge in [0.15, 0.2) is 5.82 Å². The SMILES string of the molecule is Cc1noc(CSc2ccccc2C(=O)Nc2cc(F)ccc2F)n1. The molecule has 3 aromatic rings. The molecule has 1 amide bonds. The monoisotopic (exact) mass is 361 g/mol. The molecule has 0 bridgehead atoms. The number of carbonyl (C=O) groups excluding carboxylic acids is 1. The van der Waals surface area contributed by atoms with Gasteiger partial charge in [-0.25, -0.2) is 8.78 Å². The molecule has 5 nitrogen and oxygen atoms in total. The van der Waals surface area contributed by atoms with Gasteiger partial charge in [-0.05, 0) is 31.2 Å². The zero-order valence-electron chi connectivity index (χ0n) is 13.1. The number of benzene rings is 2. The fourth-order valence-electron chi connectivity index (χ4n) is 2.10. The van der Waals surface area contributed by atoms with Gasteiger partial charge in [0.2, 0.25) is 5.89 Å². The summed E-state index contributed by atoms with van der Waals surface area (Å²) in [6, 6.07) is 9.71. The van der Waals surface area contributed by atoms with Crippen molar-refractivity contribution in [3.63, 3.8) is 0 Å². The van der Waals surface area contributed by atoms with Gasteiger partial charge in [-0.15, -0.1) is 11.8 Å². The molecule has 0 saturated heterocycles. The number of aromatic nitrogens is 2. The fourth-order valence-corrected chi connectivity index (χ4v) is 2.99. The average Bonchev–Trinajstić information content (AvgIpc) is 3.02. The summed E-state index contributed by atoms with van der Waals surface area (Å²) in [6.07, 6.45) is 0. The number of thioether (sulfide) groups is 1. The molecule has 1 aromatic heterocycles. The lowest BCUT2D eigenvalue weighted by molar-refractivity contribution is 0.102. The van der Waals surface area contributed by atoms with Gasteiger partial charge in [0.25, 0.3) is 5.91 Å². The second-order valence-corrected chi connectivity index (χ2v) is 6.12. The number of hydrogen-bond acceptors (Lipinski definition) is 5. The maximum absolute atomic E-state index is 13.7. The Morgan fingerprint density at radius 1 is 1.24 bits per heavy atom. The third-order valence-electron chi connectivity index (χ3n) is 3.23. The number of hydrogen-bond donors (Lipinski definition) is 1. The van der Waals surface area contributed by atoms with E-state index in [1.165, 1.54) is 11.8 Å². The van der Waals surface area contributed by atoms with Crippen molar-refractivity contribution in [2.24, 2.45) is 0 Å². The normalized spacial score (nSPS) is 10.7. The third kappa shape index (κ3) is 4.21. The number of halogens is 2. The molecule has 0 radical (unpaired) electrons. The van der Waals surface area contributed by atoms with Gasteiger partial charge in [-0.3, -0.25) is 4.79 Å². The Balaban J connectivity index is 1.77. The van der Waals surface area contributed by atoms with Gasteiger partial charge in [0.05, 0.1) is 17.0 Å². The predicted octanol–water partition coefficient (Wildman–Crippen LogP) is 4.20. The quantitative estimate of drug-likeness (QED) is 0.690. The molecule has 2 aromatic carbocycles. The highest BCUT2D eigenvalue weighted by atomic mass is 32.2. The molecule has 3 rings (SSSR count). The second kappa shape index (κ2) is 7.43. The van der Waals surface area contributed by atoms with Crippen molar-refractivity contribution in [2.45, 2.75) is 17.6 Å². The van der Waals surface area contributed by atoms with Crippen LogP contribution >= 0.6 is 11.8 Å². The maximum atomic E-state index is 13.7. The first kappa shape index (κ1) is 17.1. The molecule has 8 heteroatoms. The third-order valence-corrected chi connectivity index (χ3v) is 4.29. The van der Waals surface area contributed by atoms with Gasteiger partial charge >= 0.3 is 0 Å². The summed E-state index contributed by atoms with van der Waals surface area (Å²) in [5.74, 6) is -0.516. The molecular weight excluding hydrogens is 348 g/mol. The lowest BCUT2D eigenvalue weighted by Gasteiger charge is -2.10. The number of carbonyl (C=O) groups is 1. The topological polar surface area (TPSA) is 68.0 Å². The second-order valence-electron chi connectivity index (χ2n) is 5.10. The van der Waals surface area contributed by atoms with E-state index >= 15 is 0 Å². The summed E-state index contributed by atoms with van der Waals surface area (Å²) in [6.45, 7) is 1.71. The van der Waals surface area contributed by atoms with Crippen LogP contribution in [-0.4, -0.2) is 16.0 Å². The molecule has 0 fully saturated rings. The van der Waals surface area contributed by atoms with Crippen LogP contribution in [0.5, 0.6) is 0 Å². The van der Waals surface area contributed by atoms with Gasteiger partial charge in [0.1, 0.15) is 11.6 Å². The van der Waals surface area contributed by atoms with Crippen LogP contribution in [0.3, 0.4) is 0 Å².